The first-order valence-electron chi connectivity index (χ1n) is 6.26. The van der Waals surface area contributed by atoms with Gasteiger partial charge >= 0.3 is 0 Å². The largest absolute Gasteiger partial charge is 0.301 e. The summed E-state index contributed by atoms with van der Waals surface area (Å²) in [5.74, 6) is 0. The van der Waals surface area contributed by atoms with Gasteiger partial charge in [-0.05, 0) is 31.0 Å². The van der Waals surface area contributed by atoms with Crippen molar-refractivity contribution in [2.24, 2.45) is 0 Å². The molecular formula is C13H15N5O. The van der Waals surface area contributed by atoms with E-state index in [-0.39, 0.29) is 5.56 Å². The Morgan fingerprint density at radius 1 is 1.26 bits per heavy atom. The van der Waals surface area contributed by atoms with Gasteiger partial charge in [0.1, 0.15) is 11.8 Å². The number of hydrogen-bond acceptors (Lipinski definition) is 3. The predicted molar refractivity (Wildman–Crippen MR) is 71.0 cm³/mol. The summed E-state index contributed by atoms with van der Waals surface area (Å²) in [6, 6.07) is 3.65. The summed E-state index contributed by atoms with van der Waals surface area (Å²) >= 11 is 0. The summed E-state index contributed by atoms with van der Waals surface area (Å²) in [7, 11) is 0. The Bertz CT molecular complexity index is 752. The summed E-state index contributed by atoms with van der Waals surface area (Å²) in [6.45, 7) is 3.39. The van der Waals surface area contributed by atoms with Gasteiger partial charge in [0.2, 0.25) is 0 Å². The first-order valence-corrected chi connectivity index (χ1v) is 6.26. The molecule has 0 saturated carbocycles. The van der Waals surface area contributed by atoms with E-state index in [1.807, 2.05) is 36.3 Å². The third-order valence-corrected chi connectivity index (χ3v) is 3.07. The van der Waals surface area contributed by atoms with Crippen molar-refractivity contribution in [3.8, 4) is 0 Å². The second kappa shape index (κ2) is 4.72. The average Bonchev–Trinajstić information content (AvgIpc) is 3.01. The maximum atomic E-state index is 12.1. The van der Waals surface area contributed by atoms with Crippen molar-refractivity contribution in [3.05, 3.63) is 53.0 Å². The third-order valence-electron chi connectivity index (χ3n) is 3.07. The minimum absolute atomic E-state index is 0.0517. The molecule has 3 heterocycles. The van der Waals surface area contributed by atoms with E-state index in [0.29, 0.717) is 12.1 Å². The average molecular weight is 257 g/mol. The Balaban J connectivity index is 1.71. The molecule has 0 N–H and O–H groups in total. The van der Waals surface area contributed by atoms with Crippen molar-refractivity contribution < 1.29 is 0 Å². The zero-order valence-corrected chi connectivity index (χ0v) is 10.7. The maximum Gasteiger partial charge on any atom is 0.290 e. The lowest BCUT2D eigenvalue weighted by atomic mass is 10.4. The molecule has 0 aliphatic rings. The highest BCUT2D eigenvalue weighted by Gasteiger charge is 2.03. The lowest BCUT2D eigenvalue weighted by Gasteiger charge is -2.05. The molecule has 0 amide bonds. The summed E-state index contributed by atoms with van der Waals surface area (Å²) in [5.41, 5.74) is 1.75. The molecule has 6 heteroatoms. The fourth-order valence-electron chi connectivity index (χ4n) is 2.11. The smallest absolute Gasteiger partial charge is 0.290 e. The van der Waals surface area contributed by atoms with Gasteiger partial charge in [-0.25, -0.2) is 4.68 Å². The Morgan fingerprint density at radius 2 is 2.16 bits per heavy atom. The molecule has 0 saturated heterocycles. The SMILES string of the molecule is Cc1cnn(CCCn2ncn3cccc3c2=O)c1. The van der Waals surface area contributed by atoms with Crippen molar-refractivity contribution in [1.82, 2.24) is 24.0 Å². The molecule has 0 fully saturated rings. The van der Waals surface area contributed by atoms with Crippen LogP contribution in [0.25, 0.3) is 5.52 Å². The van der Waals surface area contributed by atoms with Gasteiger partial charge in [-0.1, -0.05) is 0 Å². The molecule has 98 valence electrons. The van der Waals surface area contributed by atoms with Gasteiger partial charge in [-0.2, -0.15) is 10.2 Å². The van der Waals surface area contributed by atoms with Crippen LogP contribution in [0.5, 0.6) is 0 Å². The molecule has 0 unspecified atom stereocenters. The highest BCUT2D eigenvalue weighted by atomic mass is 16.1. The van der Waals surface area contributed by atoms with Crippen molar-refractivity contribution in [1.29, 1.82) is 0 Å². The summed E-state index contributed by atoms with van der Waals surface area (Å²) in [5, 5.41) is 8.37. The van der Waals surface area contributed by atoms with Crippen LogP contribution in [0.4, 0.5) is 0 Å². The highest BCUT2D eigenvalue weighted by Crippen LogP contribution is 1.98. The number of rotatable bonds is 4. The second-order valence-corrected chi connectivity index (χ2v) is 4.59. The molecule has 3 aromatic heterocycles. The minimum atomic E-state index is -0.0517. The van der Waals surface area contributed by atoms with Crippen LogP contribution in [0.2, 0.25) is 0 Å². The van der Waals surface area contributed by atoms with E-state index < -0.39 is 0 Å². The van der Waals surface area contributed by atoms with Gasteiger partial charge in [0.25, 0.3) is 5.56 Å². The number of aromatic nitrogens is 5. The first-order chi connectivity index (χ1) is 9.24. The normalized spacial score (nSPS) is 11.2. The standard InChI is InChI=1S/C13H15N5O/c1-11-8-14-17(9-11)6-3-7-18-13(19)12-4-2-5-16(12)10-15-18/h2,4-5,8-10H,3,6-7H2,1H3. The zero-order chi connectivity index (χ0) is 13.2. The summed E-state index contributed by atoms with van der Waals surface area (Å²) in [6.07, 6.45) is 8.13. The Kier molecular flexibility index (Phi) is 2.91. The van der Waals surface area contributed by atoms with E-state index in [0.717, 1.165) is 18.5 Å². The number of nitrogens with zero attached hydrogens (tertiary/aromatic N) is 5. The van der Waals surface area contributed by atoms with Crippen molar-refractivity contribution in [2.45, 2.75) is 26.4 Å². The highest BCUT2D eigenvalue weighted by molar-refractivity contribution is 5.43. The van der Waals surface area contributed by atoms with E-state index in [4.69, 9.17) is 0 Å². The molecule has 6 nitrogen and oxygen atoms in total. The van der Waals surface area contributed by atoms with Gasteiger partial charge in [-0.15, -0.1) is 0 Å². The Labute approximate surface area is 109 Å². The monoisotopic (exact) mass is 257 g/mol. The Hall–Kier alpha value is -2.37. The van der Waals surface area contributed by atoms with Crippen LogP contribution in [0, 0.1) is 6.92 Å². The number of hydrogen-bond donors (Lipinski definition) is 0. The molecule has 3 rings (SSSR count). The third kappa shape index (κ3) is 2.29. The fraction of sp³-hybridized carbons (Fsp3) is 0.308. The van der Waals surface area contributed by atoms with E-state index >= 15 is 0 Å². The van der Waals surface area contributed by atoms with Crippen LogP contribution < -0.4 is 5.56 Å². The van der Waals surface area contributed by atoms with Crippen molar-refractivity contribution >= 4 is 5.52 Å². The van der Waals surface area contributed by atoms with Gasteiger partial charge < -0.3 is 4.40 Å². The molecule has 0 bridgehead atoms. The predicted octanol–water partition coefficient (Wildman–Crippen LogP) is 1.09. The van der Waals surface area contributed by atoms with E-state index in [1.54, 1.807) is 16.8 Å². The van der Waals surface area contributed by atoms with Crippen LogP contribution in [0.15, 0.2) is 41.8 Å². The molecule has 3 aromatic rings. The topological polar surface area (TPSA) is 57.1 Å². The van der Waals surface area contributed by atoms with Crippen LogP contribution in [0.1, 0.15) is 12.0 Å². The maximum absolute atomic E-state index is 12.1. The van der Waals surface area contributed by atoms with Crippen LogP contribution >= 0.6 is 0 Å². The van der Waals surface area contributed by atoms with Crippen LogP contribution in [-0.2, 0) is 13.1 Å². The lowest BCUT2D eigenvalue weighted by Crippen LogP contribution is -2.24. The fourth-order valence-corrected chi connectivity index (χ4v) is 2.11. The van der Waals surface area contributed by atoms with Crippen LogP contribution in [0.3, 0.4) is 0 Å². The van der Waals surface area contributed by atoms with Gasteiger partial charge in [-0.3, -0.25) is 9.48 Å². The Morgan fingerprint density at radius 3 is 2.95 bits per heavy atom. The summed E-state index contributed by atoms with van der Waals surface area (Å²) in [4.78, 5) is 12.1. The van der Waals surface area contributed by atoms with Gasteiger partial charge in [0, 0.05) is 25.5 Å². The van der Waals surface area contributed by atoms with Gasteiger partial charge in [0.05, 0.1) is 6.20 Å². The summed E-state index contributed by atoms with van der Waals surface area (Å²) < 4.78 is 5.12. The van der Waals surface area contributed by atoms with Crippen molar-refractivity contribution in [2.75, 3.05) is 0 Å². The molecule has 0 aromatic carbocycles. The second-order valence-electron chi connectivity index (χ2n) is 4.59. The zero-order valence-electron chi connectivity index (χ0n) is 10.7. The quantitative estimate of drug-likeness (QED) is 0.703. The molecule has 0 atom stereocenters. The van der Waals surface area contributed by atoms with Gasteiger partial charge in [0.15, 0.2) is 0 Å². The number of fused-ring (bicyclic) bond motifs is 1. The molecule has 0 aliphatic heterocycles. The molecular weight excluding hydrogens is 242 g/mol. The molecule has 0 spiro atoms. The van der Waals surface area contributed by atoms with Crippen LogP contribution in [-0.4, -0.2) is 24.0 Å². The minimum Gasteiger partial charge on any atom is -0.301 e. The van der Waals surface area contributed by atoms with E-state index in [1.165, 1.54) is 4.68 Å². The molecule has 0 radical (unpaired) electrons. The lowest BCUT2D eigenvalue weighted by molar-refractivity contribution is 0.483. The molecule has 19 heavy (non-hydrogen) atoms. The van der Waals surface area contributed by atoms with Crippen molar-refractivity contribution in [3.63, 3.8) is 0 Å². The first kappa shape index (κ1) is 11.7. The number of aryl methyl sites for hydroxylation is 3. The van der Waals surface area contributed by atoms with E-state index in [2.05, 4.69) is 10.2 Å². The molecule has 0 aliphatic carbocycles. The van der Waals surface area contributed by atoms with E-state index in [9.17, 15) is 4.79 Å².